The summed E-state index contributed by atoms with van der Waals surface area (Å²) in [4.78, 5) is 1.69. The molecule has 0 amide bonds. The Morgan fingerprint density at radius 3 is 2.67 bits per heavy atom. The van der Waals surface area contributed by atoms with E-state index in [0.717, 1.165) is 5.69 Å². The highest BCUT2D eigenvalue weighted by molar-refractivity contribution is 14.1. The van der Waals surface area contributed by atoms with Gasteiger partial charge in [-0.2, -0.15) is 15.0 Å². The fourth-order valence-electron chi connectivity index (χ4n) is 0.527. The van der Waals surface area contributed by atoms with Crippen LogP contribution in [0.15, 0.2) is 6.20 Å². The van der Waals surface area contributed by atoms with E-state index in [9.17, 15) is 0 Å². The van der Waals surface area contributed by atoms with Crippen LogP contribution in [0.2, 0.25) is 0 Å². The molecular formula is C5H8IN3. The molecule has 0 aliphatic heterocycles. The molecule has 1 unspecified atom stereocenters. The van der Waals surface area contributed by atoms with Gasteiger partial charge in [0.25, 0.3) is 0 Å². The van der Waals surface area contributed by atoms with Crippen molar-refractivity contribution in [1.82, 2.24) is 15.0 Å². The molecule has 0 aliphatic carbocycles. The largest absolute Gasteiger partial charge is 0.172 e. The van der Waals surface area contributed by atoms with Crippen LogP contribution in [0.1, 0.15) is 16.7 Å². The van der Waals surface area contributed by atoms with E-state index in [1.165, 1.54) is 0 Å². The van der Waals surface area contributed by atoms with Crippen molar-refractivity contribution in [2.45, 2.75) is 17.9 Å². The lowest BCUT2D eigenvalue weighted by molar-refractivity contribution is 0.571. The summed E-state index contributed by atoms with van der Waals surface area (Å²) in [5.74, 6) is 0. The molecule has 0 aromatic carbocycles. The van der Waals surface area contributed by atoms with E-state index in [1.54, 1.807) is 11.0 Å². The summed E-state index contributed by atoms with van der Waals surface area (Å²) in [6.07, 6.45) is 1.76. The molecule has 0 bridgehead atoms. The van der Waals surface area contributed by atoms with E-state index in [-0.39, 0.29) is 0 Å². The van der Waals surface area contributed by atoms with E-state index in [4.69, 9.17) is 0 Å². The number of nitrogens with zero attached hydrogens (tertiary/aromatic N) is 3. The molecule has 0 fully saturated rings. The molecule has 1 heterocycles. The van der Waals surface area contributed by atoms with Gasteiger partial charge < -0.3 is 0 Å². The molecule has 50 valence electrons. The molecule has 0 radical (unpaired) electrons. The zero-order valence-electron chi connectivity index (χ0n) is 5.37. The zero-order valence-corrected chi connectivity index (χ0v) is 7.53. The van der Waals surface area contributed by atoms with Crippen molar-refractivity contribution in [2.24, 2.45) is 0 Å². The number of hydrogen-bond donors (Lipinski definition) is 0. The van der Waals surface area contributed by atoms with Gasteiger partial charge in [-0.3, -0.25) is 0 Å². The highest BCUT2D eigenvalue weighted by atomic mass is 127. The summed E-state index contributed by atoms with van der Waals surface area (Å²) in [6.45, 7) is 3.97. The Morgan fingerprint density at radius 2 is 2.44 bits per heavy atom. The second kappa shape index (κ2) is 2.64. The van der Waals surface area contributed by atoms with E-state index >= 15 is 0 Å². The average Bonchev–Trinajstić information content (AvgIpc) is 2.14. The molecular weight excluding hydrogens is 229 g/mol. The zero-order chi connectivity index (χ0) is 6.85. The molecule has 9 heavy (non-hydrogen) atoms. The summed E-state index contributed by atoms with van der Waals surface area (Å²) in [6, 6.07) is 0. The van der Waals surface area contributed by atoms with E-state index in [2.05, 4.69) is 32.8 Å². The van der Waals surface area contributed by atoms with Gasteiger partial charge in [-0.05, 0) is 13.8 Å². The van der Waals surface area contributed by atoms with Gasteiger partial charge in [0.05, 0.1) is 11.9 Å². The van der Waals surface area contributed by atoms with Crippen LogP contribution in [0.4, 0.5) is 0 Å². The summed E-state index contributed by atoms with van der Waals surface area (Å²) in [5, 5.41) is 8.12. The normalized spacial score (nSPS) is 13.7. The maximum atomic E-state index is 4.11. The van der Waals surface area contributed by atoms with Crippen LogP contribution in [0, 0.1) is 6.92 Å². The maximum Gasteiger partial charge on any atom is 0.120 e. The van der Waals surface area contributed by atoms with Crippen LogP contribution < -0.4 is 0 Å². The van der Waals surface area contributed by atoms with Gasteiger partial charge >= 0.3 is 0 Å². The lowest BCUT2D eigenvalue weighted by Crippen LogP contribution is -2.01. The van der Waals surface area contributed by atoms with Crippen molar-refractivity contribution >= 4 is 22.6 Å². The molecule has 0 N–H and O–H groups in total. The monoisotopic (exact) mass is 237 g/mol. The van der Waals surface area contributed by atoms with Crippen LogP contribution in [-0.4, -0.2) is 15.0 Å². The predicted molar refractivity (Wildman–Crippen MR) is 43.5 cm³/mol. The van der Waals surface area contributed by atoms with Gasteiger partial charge in [-0.25, -0.2) is 0 Å². The van der Waals surface area contributed by atoms with Crippen LogP contribution in [-0.2, 0) is 0 Å². The van der Waals surface area contributed by atoms with Crippen molar-refractivity contribution < 1.29 is 0 Å². The Balaban J connectivity index is 2.85. The standard InChI is InChI=1S/C5H8IN3/c1-4-3-7-9(8-4)5(2)6/h3,5H,1-2H3. The predicted octanol–water partition coefficient (Wildman–Crippen LogP) is 1.54. The van der Waals surface area contributed by atoms with Crippen molar-refractivity contribution in [3.05, 3.63) is 11.9 Å². The fraction of sp³-hybridized carbons (Fsp3) is 0.600. The summed E-state index contributed by atoms with van der Waals surface area (Å²) >= 11 is 2.26. The third-order valence-corrected chi connectivity index (χ3v) is 1.44. The van der Waals surface area contributed by atoms with Crippen LogP contribution in [0.3, 0.4) is 0 Å². The molecule has 1 atom stereocenters. The van der Waals surface area contributed by atoms with Crippen molar-refractivity contribution in [3.63, 3.8) is 0 Å². The van der Waals surface area contributed by atoms with Crippen LogP contribution >= 0.6 is 22.6 Å². The van der Waals surface area contributed by atoms with Crippen molar-refractivity contribution in [2.75, 3.05) is 0 Å². The molecule has 0 aliphatic rings. The Labute approximate surface area is 67.6 Å². The number of hydrogen-bond acceptors (Lipinski definition) is 2. The van der Waals surface area contributed by atoms with Gasteiger partial charge in [0.1, 0.15) is 4.05 Å². The van der Waals surface area contributed by atoms with Crippen LogP contribution in [0.25, 0.3) is 0 Å². The molecule has 3 nitrogen and oxygen atoms in total. The second-order valence-electron chi connectivity index (χ2n) is 1.88. The lowest BCUT2D eigenvalue weighted by Gasteiger charge is -1.97. The summed E-state index contributed by atoms with van der Waals surface area (Å²) in [7, 11) is 0. The third-order valence-electron chi connectivity index (χ3n) is 0.941. The van der Waals surface area contributed by atoms with E-state index in [1.807, 2.05) is 13.8 Å². The fourth-order valence-corrected chi connectivity index (χ4v) is 0.796. The number of halogens is 1. The Hall–Kier alpha value is -0.130. The minimum Gasteiger partial charge on any atom is -0.172 e. The first-order valence-corrected chi connectivity index (χ1v) is 3.97. The van der Waals surface area contributed by atoms with Crippen molar-refractivity contribution in [3.8, 4) is 0 Å². The number of aryl methyl sites for hydroxylation is 1. The quantitative estimate of drug-likeness (QED) is 0.547. The summed E-state index contributed by atoms with van der Waals surface area (Å²) < 4.78 is 0.344. The third kappa shape index (κ3) is 1.64. The van der Waals surface area contributed by atoms with Gasteiger partial charge in [0, 0.05) is 0 Å². The Morgan fingerprint density at radius 1 is 1.78 bits per heavy atom. The first-order chi connectivity index (χ1) is 4.20. The SMILES string of the molecule is Cc1cnn(C(C)I)n1. The molecule has 1 rings (SSSR count). The highest BCUT2D eigenvalue weighted by Gasteiger charge is 1.99. The first-order valence-electron chi connectivity index (χ1n) is 2.72. The average molecular weight is 237 g/mol. The Bertz CT molecular complexity index is 194. The van der Waals surface area contributed by atoms with Crippen molar-refractivity contribution in [1.29, 1.82) is 0 Å². The minimum absolute atomic E-state index is 0.344. The van der Waals surface area contributed by atoms with Gasteiger partial charge in [-0.15, -0.1) is 0 Å². The topological polar surface area (TPSA) is 30.7 Å². The van der Waals surface area contributed by atoms with E-state index in [0.29, 0.717) is 4.05 Å². The lowest BCUT2D eigenvalue weighted by atomic mass is 10.6. The van der Waals surface area contributed by atoms with Gasteiger partial charge in [0.2, 0.25) is 0 Å². The van der Waals surface area contributed by atoms with Gasteiger partial charge in [-0.1, -0.05) is 22.6 Å². The second-order valence-corrected chi connectivity index (χ2v) is 3.68. The van der Waals surface area contributed by atoms with E-state index < -0.39 is 0 Å². The highest BCUT2D eigenvalue weighted by Crippen LogP contribution is 2.09. The first kappa shape index (κ1) is 6.98. The number of rotatable bonds is 1. The molecule has 0 spiro atoms. The maximum absolute atomic E-state index is 4.11. The molecule has 1 aromatic heterocycles. The Kier molecular flexibility index (Phi) is 2.05. The smallest absolute Gasteiger partial charge is 0.120 e. The van der Waals surface area contributed by atoms with Gasteiger partial charge in [0.15, 0.2) is 0 Å². The number of alkyl halides is 1. The number of aromatic nitrogens is 3. The summed E-state index contributed by atoms with van der Waals surface area (Å²) in [5.41, 5.74) is 0.971. The molecule has 0 saturated heterocycles. The van der Waals surface area contributed by atoms with Crippen LogP contribution in [0.5, 0.6) is 0 Å². The molecule has 4 heteroatoms. The minimum atomic E-state index is 0.344. The molecule has 0 saturated carbocycles. The molecule has 1 aromatic rings.